The molecule has 0 aromatic carbocycles. The molecule has 2 saturated heterocycles. The molecule has 3 nitrogen and oxygen atoms in total. The highest BCUT2D eigenvalue weighted by molar-refractivity contribution is 5.83. The van der Waals surface area contributed by atoms with Gasteiger partial charge in [-0.3, -0.25) is 0 Å². The van der Waals surface area contributed by atoms with Crippen molar-refractivity contribution in [2.24, 2.45) is 4.99 Å². The van der Waals surface area contributed by atoms with Crippen LogP contribution in [0.2, 0.25) is 0 Å². The second-order valence-corrected chi connectivity index (χ2v) is 6.41. The van der Waals surface area contributed by atoms with Crippen LogP contribution in [0.5, 0.6) is 0 Å². The van der Waals surface area contributed by atoms with Crippen molar-refractivity contribution in [3.05, 3.63) is 0 Å². The Morgan fingerprint density at radius 2 is 2.00 bits per heavy atom. The highest BCUT2D eigenvalue weighted by Crippen LogP contribution is 2.36. The van der Waals surface area contributed by atoms with Crippen molar-refractivity contribution in [3.63, 3.8) is 0 Å². The Bertz CT molecular complexity index is 326. The number of nitrogens with one attached hydrogen (secondary N) is 1. The zero-order chi connectivity index (χ0) is 12.5. The van der Waals surface area contributed by atoms with Crippen molar-refractivity contribution >= 4 is 5.96 Å². The average Bonchev–Trinajstić information content (AvgIpc) is 2.73. The minimum atomic E-state index is 0.587. The Morgan fingerprint density at radius 3 is 2.78 bits per heavy atom. The van der Waals surface area contributed by atoms with E-state index in [1.807, 2.05) is 0 Å². The van der Waals surface area contributed by atoms with Gasteiger partial charge in [-0.15, -0.1) is 0 Å². The van der Waals surface area contributed by atoms with Crippen LogP contribution in [0.25, 0.3) is 0 Å². The van der Waals surface area contributed by atoms with E-state index in [-0.39, 0.29) is 0 Å². The van der Waals surface area contributed by atoms with Crippen LogP contribution in [0.15, 0.2) is 4.99 Å². The average molecular weight is 249 g/mol. The first-order valence-corrected chi connectivity index (χ1v) is 7.90. The maximum Gasteiger partial charge on any atom is 0.194 e. The lowest BCUT2D eigenvalue weighted by Crippen LogP contribution is -2.59. The van der Waals surface area contributed by atoms with Crippen molar-refractivity contribution in [1.82, 2.24) is 10.2 Å². The van der Waals surface area contributed by atoms with Crippen LogP contribution in [-0.2, 0) is 0 Å². The highest BCUT2D eigenvalue weighted by atomic mass is 15.4. The first-order valence-electron chi connectivity index (χ1n) is 7.90. The predicted octanol–water partition coefficient (Wildman–Crippen LogP) is 2.91. The topological polar surface area (TPSA) is 27.6 Å². The zero-order valence-corrected chi connectivity index (χ0v) is 11.9. The molecule has 2 fully saturated rings. The lowest BCUT2D eigenvalue weighted by atomic mass is 9.98. The van der Waals surface area contributed by atoms with E-state index in [9.17, 15) is 0 Å². The molecule has 0 aromatic heterocycles. The summed E-state index contributed by atoms with van der Waals surface area (Å²) in [5.74, 6) is 1.23. The molecule has 3 heterocycles. The fraction of sp³-hybridized carbons (Fsp3) is 0.933. The normalized spacial score (nSPS) is 38.1. The molecule has 3 aliphatic rings. The van der Waals surface area contributed by atoms with Crippen LogP contribution in [0.4, 0.5) is 0 Å². The molecule has 0 bridgehead atoms. The van der Waals surface area contributed by atoms with Gasteiger partial charge in [-0.25, -0.2) is 4.99 Å². The first-order chi connectivity index (χ1) is 8.78. The van der Waals surface area contributed by atoms with E-state index in [1.165, 1.54) is 57.3 Å². The van der Waals surface area contributed by atoms with Crippen molar-refractivity contribution in [3.8, 4) is 0 Å². The summed E-state index contributed by atoms with van der Waals surface area (Å²) in [7, 11) is 0. The van der Waals surface area contributed by atoms with Gasteiger partial charge in [-0.1, -0.05) is 26.2 Å². The van der Waals surface area contributed by atoms with Crippen molar-refractivity contribution in [1.29, 1.82) is 0 Å². The van der Waals surface area contributed by atoms with Crippen molar-refractivity contribution < 1.29 is 0 Å². The molecule has 3 aliphatic heterocycles. The molecule has 1 N–H and O–H groups in total. The maximum absolute atomic E-state index is 5.00. The fourth-order valence-corrected chi connectivity index (χ4v) is 3.99. The van der Waals surface area contributed by atoms with Gasteiger partial charge in [0.05, 0.1) is 6.04 Å². The molecular formula is C15H27N3. The maximum atomic E-state index is 5.00. The number of nitrogens with zero attached hydrogens (tertiary/aromatic N) is 2. The Kier molecular flexibility index (Phi) is 3.49. The summed E-state index contributed by atoms with van der Waals surface area (Å²) in [4.78, 5) is 7.61. The van der Waals surface area contributed by atoms with E-state index in [4.69, 9.17) is 4.99 Å². The predicted molar refractivity (Wildman–Crippen MR) is 75.8 cm³/mol. The monoisotopic (exact) mass is 249 g/mol. The van der Waals surface area contributed by atoms with E-state index in [0.29, 0.717) is 12.1 Å². The molecule has 0 unspecified atom stereocenters. The van der Waals surface area contributed by atoms with Crippen molar-refractivity contribution in [2.75, 3.05) is 0 Å². The van der Waals surface area contributed by atoms with E-state index in [0.717, 1.165) is 12.1 Å². The molecule has 18 heavy (non-hydrogen) atoms. The number of guanidine groups is 1. The lowest BCUT2D eigenvalue weighted by Gasteiger charge is -2.44. The summed E-state index contributed by atoms with van der Waals surface area (Å²) >= 11 is 0. The first kappa shape index (κ1) is 12.3. The Labute approximate surface area is 111 Å². The molecule has 0 saturated carbocycles. The van der Waals surface area contributed by atoms with E-state index >= 15 is 0 Å². The molecule has 4 atom stereocenters. The van der Waals surface area contributed by atoms with Crippen LogP contribution in [0.1, 0.15) is 65.2 Å². The van der Waals surface area contributed by atoms with Gasteiger partial charge in [0.1, 0.15) is 0 Å². The molecule has 0 aliphatic carbocycles. The van der Waals surface area contributed by atoms with E-state index in [1.54, 1.807) is 0 Å². The molecule has 0 radical (unpaired) electrons. The van der Waals surface area contributed by atoms with Crippen LogP contribution in [0.3, 0.4) is 0 Å². The van der Waals surface area contributed by atoms with E-state index in [2.05, 4.69) is 24.1 Å². The largest absolute Gasteiger partial charge is 0.354 e. The van der Waals surface area contributed by atoms with Gasteiger partial charge >= 0.3 is 0 Å². The molecule has 3 rings (SSSR count). The number of unbranched alkanes of at least 4 members (excludes halogenated alkanes) is 2. The Balaban J connectivity index is 1.69. The van der Waals surface area contributed by atoms with Crippen LogP contribution >= 0.6 is 0 Å². The third-order valence-corrected chi connectivity index (χ3v) is 4.86. The number of rotatable bonds is 4. The lowest BCUT2D eigenvalue weighted by molar-refractivity contribution is 0.209. The summed E-state index contributed by atoms with van der Waals surface area (Å²) in [6.07, 6.45) is 10.7. The van der Waals surface area contributed by atoms with Gasteiger partial charge < -0.3 is 10.2 Å². The van der Waals surface area contributed by atoms with Crippen LogP contribution < -0.4 is 5.32 Å². The minimum Gasteiger partial charge on any atom is -0.354 e. The van der Waals surface area contributed by atoms with Crippen LogP contribution in [0, 0.1) is 0 Å². The molecule has 0 spiro atoms. The zero-order valence-electron chi connectivity index (χ0n) is 11.9. The number of hydrogen-bond donors (Lipinski definition) is 1. The van der Waals surface area contributed by atoms with Crippen molar-refractivity contribution in [2.45, 2.75) is 89.4 Å². The summed E-state index contributed by atoms with van der Waals surface area (Å²) in [6.45, 7) is 4.58. The van der Waals surface area contributed by atoms with Crippen LogP contribution in [-0.4, -0.2) is 35.0 Å². The summed E-state index contributed by atoms with van der Waals surface area (Å²) in [6, 6.07) is 2.76. The summed E-state index contributed by atoms with van der Waals surface area (Å²) in [5, 5.41) is 3.62. The molecular weight excluding hydrogens is 222 g/mol. The van der Waals surface area contributed by atoms with Gasteiger partial charge in [0.2, 0.25) is 0 Å². The van der Waals surface area contributed by atoms with Gasteiger partial charge in [-0.2, -0.15) is 0 Å². The third kappa shape index (κ3) is 2.24. The number of hydrogen-bond acceptors (Lipinski definition) is 3. The SMILES string of the molecule is CCCCC[C@@H]1C[C@@H]2CC[C@@H]3C[C@H](C)NC(=N1)N32. The van der Waals surface area contributed by atoms with Gasteiger partial charge in [0.25, 0.3) is 0 Å². The third-order valence-electron chi connectivity index (χ3n) is 4.86. The molecule has 3 heteroatoms. The van der Waals surface area contributed by atoms with Gasteiger partial charge in [0, 0.05) is 18.1 Å². The second kappa shape index (κ2) is 5.10. The van der Waals surface area contributed by atoms with Gasteiger partial charge in [0.15, 0.2) is 5.96 Å². The quantitative estimate of drug-likeness (QED) is 0.776. The summed E-state index contributed by atoms with van der Waals surface area (Å²) in [5.41, 5.74) is 0. The number of aliphatic imine (C=N–C) groups is 1. The highest BCUT2D eigenvalue weighted by Gasteiger charge is 2.43. The van der Waals surface area contributed by atoms with E-state index < -0.39 is 0 Å². The standard InChI is InChI=1S/C15H27N3/c1-3-4-5-6-12-10-14-8-7-13-9-11(2)16-15(17-12)18(13)14/h11-14H,3-10H2,1-2H3,(H,16,17)/t11-,12+,13+,14-/m0/s1. The second-order valence-electron chi connectivity index (χ2n) is 6.41. The molecule has 0 amide bonds. The Morgan fingerprint density at radius 1 is 1.22 bits per heavy atom. The minimum absolute atomic E-state index is 0.587. The Hall–Kier alpha value is -0.730. The fourth-order valence-electron chi connectivity index (χ4n) is 3.99. The smallest absolute Gasteiger partial charge is 0.194 e. The summed E-state index contributed by atoms with van der Waals surface area (Å²) < 4.78 is 0. The molecule has 0 aromatic rings. The molecule has 102 valence electrons. The van der Waals surface area contributed by atoms with Gasteiger partial charge in [-0.05, 0) is 39.0 Å².